The number of amides is 2. The van der Waals surface area contributed by atoms with Crippen LogP contribution in [0.25, 0.3) is 0 Å². The molecule has 1 aromatic carbocycles. The molecule has 0 bridgehead atoms. The maximum absolute atomic E-state index is 11.9. The summed E-state index contributed by atoms with van der Waals surface area (Å²) in [6.45, 7) is 0.898. The van der Waals surface area contributed by atoms with Gasteiger partial charge in [0.05, 0.1) is 5.56 Å². The molecule has 1 aliphatic carbocycles. The Balaban J connectivity index is 1.75. The van der Waals surface area contributed by atoms with Gasteiger partial charge in [-0.1, -0.05) is 15.9 Å². The number of benzene rings is 1. The van der Waals surface area contributed by atoms with Crippen molar-refractivity contribution in [3.05, 3.63) is 32.7 Å². The topological polar surface area (TPSA) is 58.2 Å². The van der Waals surface area contributed by atoms with E-state index in [1.807, 2.05) is 12.1 Å². The van der Waals surface area contributed by atoms with E-state index in [1.54, 1.807) is 6.07 Å². The highest BCUT2D eigenvalue weighted by Gasteiger charge is 2.28. The standard InChI is InChI=1S/C13H14Br2N2O2/c14-9-3-4-10(11(15)7-9)13(19)17-6-5-16-12(18)8-1-2-8/h3-4,7-8H,1-2,5-6H2,(H,16,18)(H,17,19). The SMILES string of the molecule is O=C(NCCNC(=O)C1CC1)c1ccc(Br)cc1Br. The summed E-state index contributed by atoms with van der Waals surface area (Å²) in [5.41, 5.74) is 0.580. The lowest BCUT2D eigenvalue weighted by atomic mass is 10.2. The molecule has 2 amide bonds. The molecule has 2 N–H and O–H groups in total. The minimum Gasteiger partial charge on any atom is -0.354 e. The van der Waals surface area contributed by atoms with E-state index >= 15 is 0 Å². The van der Waals surface area contributed by atoms with Gasteiger partial charge in [0, 0.05) is 28.0 Å². The molecule has 0 saturated heterocycles. The van der Waals surface area contributed by atoms with Gasteiger partial charge in [-0.3, -0.25) is 9.59 Å². The van der Waals surface area contributed by atoms with E-state index < -0.39 is 0 Å². The van der Waals surface area contributed by atoms with Crippen LogP contribution in [-0.4, -0.2) is 24.9 Å². The molecule has 1 aromatic rings. The molecule has 0 atom stereocenters. The van der Waals surface area contributed by atoms with Gasteiger partial charge in [-0.05, 0) is 47.0 Å². The summed E-state index contributed by atoms with van der Waals surface area (Å²) < 4.78 is 1.65. The lowest BCUT2D eigenvalue weighted by molar-refractivity contribution is -0.122. The van der Waals surface area contributed by atoms with Gasteiger partial charge in [-0.25, -0.2) is 0 Å². The average molecular weight is 390 g/mol. The zero-order chi connectivity index (χ0) is 13.8. The van der Waals surface area contributed by atoms with Crippen LogP contribution >= 0.6 is 31.9 Å². The molecule has 102 valence electrons. The number of hydrogen-bond acceptors (Lipinski definition) is 2. The van der Waals surface area contributed by atoms with Crippen LogP contribution in [0.1, 0.15) is 23.2 Å². The van der Waals surface area contributed by atoms with Crippen molar-refractivity contribution in [2.45, 2.75) is 12.8 Å². The van der Waals surface area contributed by atoms with Crippen LogP contribution in [0.5, 0.6) is 0 Å². The molecule has 1 fully saturated rings. The van der Waals surface area contributed by atoms with Crippen molar-refractivity contribution >= 4 is 43.7 Å². The van der Waals surface area contributed by atoms with Crippen LogP contribution in [0.4, 0.5) is 0 Å². The summed E-state index contributed by atoms with van der Waals surface area (Å²) in [5, 5.41) is 5.58. The molecular weight excluding hydrogens is 376 g/mol. The van der Waals surface area contributed by atoms with Crippen molar-refractivity contribution in [1.82, 2.24) is 10.6 Å². The zero-order valence-electron chi connectivity index (χ0n) is 10.2. The minimum atomic E-state index is -0.153. The summed E-state index contributed by atoms with van der Waals surface area (Å²) in [7, 11) is 0. The zero-order valence-corrected chi connectivity index (χ0v) is 13.4. The molecule has 19 heavy (non-hydrogen) atoms. The van der Waals surface area contributed by atoms with Crippen LogP contribution in [0, 0.1) is 5.92 Å². The largest absolute Gasteiger partial charge is 0.354 e. The minimum absolute atomic E-state index is 0.0964. The number of halogens is 2. The van der Waals surface area contributed by atoms with E-state index in [1.165, 1.54) is 0 Å². The summed E-state index contributed by atoms with van der Waals surface area (Å²) in [6.07, 6.45) is 1.98. The van der Waals surface area contributed by atoms with Crippen LogP contribution in [0.15, 0.2) is 27.1 Å². The smallest absolute Gasteiger partial charge is 0.252 e. The van der Waals surface area contributed by atoms with E-state index in [0.717, 1.165) is 21.8 Å². The number of carbonyl (C=O) groups is 2. The third-order valence-electron chi connectivity index (χ3n) is 2.83. The first kappa shape index (κ1) is 14.5. The second-order valence-electron chi connectivity index (χ2n) is 4.45. The third kappa shape index (κ3) is 4.31. The molecule has 6 heteroatoms. The molecule has 0 aliphatic heterocycles. The van der Waals surface area contributed by atoms with Crippen LogP contribution in [0.2, 0.25) is 0 Å². The van der Waals surface area contributed by atoms with Gasteiger partial charge >= 0.3 is 0 Å². The van der Waals surface area contributed by atoms with Crippen molar-refractivity contribution in [2.24, 2.45) is 5.92 Å². The van der Waals surface area contributed by atoms with E-state index in [2.05, 4.69) is 42.5 Å². The van der Waals surface area contributed by atoms with E-state index in [9.17, 15) is 9.59 Å². The van der Waals surface area contributed by atoms with Gasteiger partial charge in [-0.2, -0.15) is 0 Å². The molecule has 0 unspecified atom stereocenters. The van der Waals surface area contributed by atoms with E-state index in [-0.39, 0.29) is 17.7 Å². The highest BCUT2D eigenvalue weighted by molar-refractivity contribution is 9.11. The Kier molecular flexibility index (Phi) is 4.99. The average Bonchev–Trinajstić information content (AvgIpc) is 3.18. The van der Waals surface area contributed by atoms with Gasteiger partial charge in [0.2, 0.25) is 5.91 Å². The van der Waals surface area contributed by atoms with Gasteiger partial charge in [0.1, 0.15) is 0 Å². The summed E-state index contributed by atoms with van der Waals surface area (Å²) >= 11 is 6.68. The van der Waals surface area contributed by atoms with Crippen molar-refractivity contribution in [3.8, 4) is 0 Å². The van der Waals surface area contributed by atoms with Crippen LogP contribution < -0.4 is 10.6 Å². The second kappa shape index (κ2) is 6.52. The van der Waals surface area contributed by atoms with Crippen molar-refractivity contribution in [2.75, 3.05) is 13.1 Å². The first-order chi connectivity index (χ1) is 9.08. The number of rotatable bonds is 5. The number of hydrogen-bond donors (Lipinski definition) is 2. The fourth-order valence-corrected chi connectivity index (χ4v) is 2.85. The lowest BCUT2D eigenvalue weighted by Gasteiger charge is -2.08. The van der Waals surface area contributed by atoms with Crippen LogP contribution in [0.3, 0.4) is 0 Å². The normalized spacial score (nSPS) is 14.0. The first-order valence-electron chi connectivity index (χ1n) is 6.09. The van der Waals surface area contributed by atoms with Crippen molar-refractivity contribution in [1.29, 1.82) is 0 Å². The second-order valence-corrected chi connectivity index (χ2v) is 6.22. The van der Waals surface area contributed by atoms with Crippen molar-refractivity contribution in [3.63, 3.8) is 0 Å². The highest BCUT2D eigenvalue weighted by atomic mass is 79.9. The number of nitrogens with one attached hydrogen (secondary N) is 2. The third-order valence-corrected chi connectivity index (χ3v) is 3.98. The molecule has 1 saturated carbocycles. The molecule has 1 aliphatic rings. The molecule has 2 rings (SSSR count). The predicted molar refractivity (Wildman–Crippen MR) is 79.9 cm³/mol. The highest BCUT2D eigenvalue weighted by Crippen LogP contribution is 2.28. The lowest BCUT2D eigenvalue weighted by Crippen LogP contribution is -2.35. The Morgan fingerprint density at radius 1 is 1.16 bits per heavy atom. The molecule has 0 radical (unpaired) electrons. The summed E-state index contributed by atoms with van der Waals surface area (Å²) in [4.78, 5) is 23.3. The summed E-state index contributed by atoms with van der Waals surface area (Å²) in [5.74, 6) is 0.149. The quantitative estimate of drug-likeness (QED) is 0.760. The van der Waals surface area contributed by atoms with Crippen molar-refractivity contribution < 1.29 is 9.59 Å². The Hall–Kier alpha value is -0.880. The predicted octanol–water partition coefficient (Wildman–Crippen LogP) is 2.47. The van der Waals surface area contributed by atoms with Gasteiger partial charge in [-0.15, -0.1) is 0 Å². The molecule has 4 nitrogen and oxygen atoms in total. The molecule has 0 aromatic heterocycles. The maximum Gasteiger partial charge on any atom is 0.252 e. The monoisotopic (exact) mass is 388 g/mol. The first-order valence-corrected chi connectivity index (χ1v) is 7.67. The fraction of sp³-hybridized carbons (Fsp3) is 0.385. The molecular formula is C13H14Br2N2O2. The Labute approximate surface area is 128 Å². The maximum atomic E-state index is 11.9. The summed E-state index contributed by atoms with van der Waals surface area (Å²) in [6, 6.07) is 5.38. The fourth-order valence-electron chi connectivity index (χ4n) is 1.62. The van der Waals surface area contributed by atoms with Gasteiger partial charge in [0.15, 0.2) is 0 Å². The molecule has 0 heterocycles. The Morgan fingerprint density at radius 2 is 1.84 bits per heavy atom. The molecule has 0 spiro atoms. The van der Waals surface area contributed by atoms with E-state index in [4.69, 9.17) is 0 Å². The van der Waals surface area contributed by atoms with E-state index in [0.29, 0.717) is 18.7 Å². The van der Waals surface area contributed by atoms with Crippen LogP contribution in [-0.2, 0) is 4.79 Å². The Morgan fingerprint density at radius 3 is 2.47 bits per heavy atom. The Bertz CT molecular complexity index is 501. The number of carbonyl (C=O) groups excluding carboxylic acids is 2. The van der Waals surface area contributed by atoms with Gasteiger partial charge in [0.25, 0.3) is 5.91 Å². The van der Waals surface area contributed by atoms with Gasteiger partial charge < -0.3 is 10.6 Å².